The maximum Gasteiger partial charge on any atom is 0.265 e. The fraction of sp³-hybridized carbons (Fsp3) is 0.263. The molecule has 4 heteroatoms. The predicted molar refractivity (Wildman–Crippen MR) is 91.0 cm³/mol. The Morgan fingerprint density at radius 3 is 2.57 bits per heavy atom. The van der Waals surface area contributed by atoms with Crippen LogP contribution in [0.5, 0.6) is 5.75 Å². The van der Waals surface area contributed by atoms with Crippen molar-refractivity contribution < 1.29 is 14.3 Å². The Bertz CT molecular complexity index is 709. The van der Waals surface area contributed by atoms with Crippen LogP contribution in [0.3, 0.4) is 0 Å². The molecular weight excluding hydrogens is 290 g/mol. The molecule has 0 aliphatic carbocycles. The number of nitrogens with one attached hydrogen (secondary N) is 1. The Labute approximate surface area is 136 Å². The Morgan fingerprint density at radius 1 is 1.13 bits per heavy atom. The molecule has 2 rings (SSSR count). The van der Waals surface area contributed by atoms with Crippen LogP contribution >= 0.6 is 0 Å². The number of carbonyl (C=O) groups is 2. The molecule has 1 N–H and O–H groups in total. The van der Waals surface area contributed by atoms with Gasteiger partial charge in [0, 0.05) is 11.3 Å². The zero-order valence-electron chi connectivity index (χ0n) is 13.6. The van der Waals surface area contributed by atoms with Gasteiger partial charge in [-0.25, -0.2) is 0 Å². The number of benzene rings is 2. The van der Waals surface area contributed by atoms with Gasteiger partial charge in [0.15, 0.2) is 11.9 Å². The lowest BCUT2D eigenvalue weighted by Gasteiger charge is -2.17. The minimum Gasteiger partial charge on any atom is -0.481 e. The number of rotatable bonds is 6. The molecule has 0 saturated heterocycles. The van der Waals surface area contributed by atoms with Crippen LogP contribution < -0.4 is 10.1 Å². The van der Waals surface area contributed by atoms with Crippen LogP contribution in [0.15, 0.2) is 48.5 Å². The minimum absolute atomic E-state index is 0.0396. The van der Waals surface area contributed by atoms with E-state index in [4.69, 9.17) is 4.74 Å². The van der Waals surface area contributed by atoms with E-state index in [1.165, 1.54) is 6.92 Å². The van der Waals surface area contributed by atoms with Crippen LogP contribution in [0.4, 0.5) is 5.69 Å². The van der Waals surface area contributed by atoms with Crippen LogP contribution in [0.25, 0.3) is 0 Å². The van der Waals surface area contributed by atoms with E-state index in [2.05, 4.69) is 5.32 Å². The monoisotopic (exact) mass is 311 g/mol. The summed E-state index contributed by atoms with van der Waals surface area (Å²) in [6.07, 6.45) is 0.203. The number of hydrogen-bond acceptors (Lipinski definition) is 3. The second kappa shape index (κ2) is 7.58. The number of ketones is 1. The molecule has 2 aromatic rings. The number of anilines is 1. The maximum absolute atomic E-state index is 12.3. The fourth-order valence-electron chi connectivity index (χ4n) is 2.21. The van der Waals surface area contributed by atoms with E-state index in [-0.39, 0.29) is 11.7 Å². The highest BCUT2D eigenvalue weighted by molar-refractivity contribution is 5.98. The van der Waals surface area contributed by atoms with Crippen molar-refractivity contribution >= 4 is 17.4 Å². The van der Waals surface area contributed by atoms with Crippen molar-refractivity contribution in [2.75, 3.05) is 5.32 Å². The van der Waals surface area contributed by atoms with Crippen molar-refractivity contribution in [2.45, 2.75) is 33.3 Å². The van der Waals surface area contributed by atoms with Gasteiger partial charge in [-0.05, 0) is 44.0 Å². The predicted octanol–water partition coefficient (Wildman–Crippen LogP) is 3.86. The molecule has 0 aromatic heterocycles. The third kappa shape index (κ3) is 4.42. The fourth-order valence-corrected chi connectivity index (χ4v) is 2.21. The normalized spacial score (nSPS) is 11.6. The Kier molecular flexibility index (Phi) is 5.52. The molecule has 0 heterocycles. The second-order valence-electron chi connectivity index (χ2n) is 5.35. The molecule has 0 bridgehead atoms. The van der Waals surface area contributed by atoms with Crippen molar-refractivity contribution in [1.82, 2.24) is 0 Å². The Balaban J connectivity index is 2.05. The van der Waals surface area contributed by atoms with E-state index in [1.54, 1.807) is 31.2 Å². The number of Topliss-reactive ketones (excluding diaryl/α,β-unsaturated/α-hetero) is 1. The average Bonchev–Trinajstić information content (AvgIpc) is 2.55. The Hall–Kier alpha value is -2.62. The zero-order chi connectivity index (χ0) is 16.8. The highest BCUT2D eigenvalue weighted by atomic mass is 16.5. The SMILES string of the molecule is CCc1ccccc1OC(C)C(=O)Nc1cccc(C(C)=O)c1. The molecule has 1 atom stereocenters. The van der Waals surface area contributed by atoms with Crippen LogP contribution in [-0.2, 0) is 11.2 Å². The first kappa shape index (κ1) is 16.7. The molecule has 0 aliphatic heterocycles. The zero-order valence-corrected chi connectivity index (χ0v) is 13.6. The average molecular weight is 311 g/mol. The van der Waals surface area contributed by atoms with Crippen LogP contribution in [-0.4, -0.2) is 17.8 Å². The molecule has 0 aliphatic rings. The molecule has 120 valence electrons. The molecule has 23 heavy (non-hydrogen) atoms. The van der Waals surface area contributed by atoms with Gasteiger partial charge in [-0.3, -0.25) is 9.59 Å². The van der Waals surface area contributed by atoms with E-state index in [9.17, 15) is 9.59 Å². The molecule has 1 amide bonds. The van der Waals surface area contributed by atoms with Crippen molar-refractivity contribution in [3.8, 4) is 5.75 Å². The maximum atomic E-state index is 12.3. The van der Waals surface area contributed by atoms with Gasteiger partial charge >= 0.3 is 0 Å². The summed E-state index contributed by atoms with van der Waals surface area (Å²) in [5.74, 6) is 0.425. The summed E-state index contributed by atoms with van der Waals surface area (Å²) in [4.78, 5) is 23.7. The highest BCUT2D eigenvalue weighted by Gasteiger charge is 2.16. The summed E-state index contributed by atoms with van der Waals surface area (Å²) in [7, 11) is 0. The van der Waals surface area contributed by atoms with Gasteiger partial charge in [0.05, 0.1) is 0 Å². The van der Waals surface area contributed by atoms with Crippen LogP contribution in [0.1, 0.15) is 36.7 Å². The van der Waals surface area contributed by atoms with Gasteiger partial charge in [0.1, 0.15) is 5.75 Å². The van der Waals surface area contributed by atoms with Crippen molar-refractivity contribution in [3.63, 3.8) is 0 Å². The number of carbonyl (C=O) groups excluding carboxylic acids is 2. The molecular formula is C19H21NO3. The summed E-state index contributed by atoms with van der Waals surface area (Å²) in [5.41, 5.74) is 2.21. The highest BCUT2D eigenvalue weighted by Crippen LogP contribution is 2.20. The van der Waals surface area contributed by atoms with Gasteiger partial charge in [0.2, 0.25) is 0 Å². The summed E-state index contributed by atoms with van der Waals surface area (Å²) in [6.45, 7) is 5.24. The van der Waals surface area contributed by atoms with E-state index in [0.29, 0.717) is 11.3 Å². The van der Waals surface area contributed by atoms with Gasteiger partial charge in [-0.2, -0.15) is 0 Å². The van der Waals surface area contributed by atoms with Crippen LogP contribution in [0.2, 0.25) is 0 Å². The Morgan fingerprint density at radius 2 is 1.87 bits per heavy atom. The third-order valence-electron chi connectivity index (χ3n) is 3.56. The van der Waals surface area contributed by atoms with Crippen molar-refractivity contribution in [2.24, 2.45) is 0 Å². The smallest absolute Gasteiger partial charge is 0.265 e. The molecule has 1 unspecified atom stereocenters. The van der Waals surface area contributed by atoms with E-state index >= 15 is 0 Å². The quantitative estimate of drug-likeness (QED) is 0.824. The molecule has 0 saturated carbocycles. The number of para-hydroxylation sites is 1. The number of hydrogen-bond donors (Lipinski definition) is 1. The first-order chi connectivity index (χ1) is 11.0. The number of aryl methyl sites for hydroxylation is 1. The minimum atomic E-state index is -0.635. The first-order valence-electron chi connectivity index (χ1n) is 7.67. The van der Waals surface area contributed by atoms with Gasteiger partial charge in [-0.1, -0.05) is 37.3 Å². The van der Waals surface area contributed by atoms with E-state index in [0.717, 1.165) is 17.7 Å². The molecule has 0 fully saturated rings. The lowest BCUT2D eigenvalue weighted by Crippen LogP contribution is -2.30. The number of amides is 1. The molecule has 0 spiro atoms. The van der Waals surface area contributed by atoms with Gasteiger partial charge in [0.25, 0.3) is 5.91 Å². The largest absolute Gasteiger partial charge is 0.481 e. The van der Waals surface area contributed by atoms with Crippen LogP contribution in [0, 0.1) is 0 Å². The molecule has 2 aromatic carbocycles. The van der Waals surface area contributed by atoms with E-state index in [1.807, 2.05) is 31.2 Å². The summed E-state index contributed by atoms with van der Waals surface area (Å²) in [5, 5.41) is 2.78. The standard InChI is InChI=1S/C19H21NO3/c1-4-15-8-5-6-11-18(15)23-14(3)19(22)20-17-10-7-9-16(12-17)13(2)21/h5-12,14H,4H2,1-3H3,(H,20,22). The summed E-state index contributed by atoms with van der Waals surface area (Å²) >= 11 is 0. The second-order valence-corrected chi connectivity index (χ2v) is 5.35. The lowest BCUT2D eigenvalue weighted by molar-refractivity contribution is -0.122. The summed E-state index contributed by atoms with van der Waals surface area (Å²) < 4.78 is 5.77. The number of ether oxygens (including phenoxy) is 1. The lowest BCUT2D eigenvalue weighted by atomic mass is 10.1. The summed E-state index contributed by atoms with van der Waals surface area (Å²) in [6, 6.07) is 14.5. The van der Waals surface area contributed by atoms with Gasteiger partial charge in [-0.15, -0.1) is 0 Å². The topological polar surface area (TPSA) is 55.4 Å². The molecule has 4 nitrogen and oxygen atoms in total. The first-order valence-corrected chi connectivity index (χ1v) is 7.67. The van der Waals surface area contributed by atoms with Crippen molar-refractivity contribution in [3.05, 3.63) is 59.7 Å². The van der Waals surface area contributed by atoms with E-state index < -0.39 is 6.10 Å². The molecule has 0 radical (unpaired) electrons. The third-order valence-corrected chi connectivity index (χ3v) is 3.56. The van der Waals surface area contributed by atoms with Gasteiger partial charge < -0.3 is 10.1 Å². The van der Waals surface area contributed by atoms with Crippen molar-refractivity contribution in [1.29, 1.82) is 0 Å².